The maximum atomic E-state index is 14.8. The zero-order valence-electron chi connectivity index (χ0n) is 14.2. The van der Waals surface area contributed by atoms with Crippen molar-refractivity contribution in [1.29, 1.82) is 0 Å². The molecule has 2 heteroatoms. The lowest BCUT2D eigenvalue weighted by molar-refractivity contribution is 0.467. The van der Waals surface area contributed by atoms with Gasteiger partial charge in [0.1, 0.15) is 11.6 Å². The Kier molecular flexibility index (Phi) is 4.04. The van der Waals surface area contributed by atoms with Gasteiger partial charge in [-0.1, -0.05) is 48.5 Å². The van der Waals surface area contributed by atoms with Gasteiger partial charge in [0.15, 0.2) is 0 Å². The smallest absolute Gasteiger partial charge is 0.127 e. The highest BCUT2D eigenvalue weighted by atomic mass is 19.1. The van der Waals surface area contributed by atoms with Crippen LogP contribution in [0.4, 0.5) is 4.39 Å². The van der Waals surface area contributed by atoms with Crippen LogP contribution >= 0.6 is 0 Å². The Labute approximate surface area is 147 Å². The first kappa shape index (κ1) is 15.9. The van der Waals surface area contributed by atoms with E-state index in [1.165, 1.54) is 5.56 Å². The first-order valence-corrected chi connectivity index (χ1v) is 8.76. The monoisotopic (exact) mass is 332 g/mol. The molecule has 0 bridgehead atoms. The molecule has 0 saturated heterocycles. The van der Waals surface area contributed by atoms with Gasteiger partial charge in [0.2, 0.25) is 0 Å². The highest BCUT2D eigenvalue weighted by Crippen LogP contribution is 2.47. The zero-order chi connectivity index (χ0) is 17.4. The van der Waals surface area contributed by atoms with Crippen molar-refractivity contribution < 1.29 is 9.50 Å². The van der Waals surface area contributed by atoms with Crippen molar-refractivity contribution in [2.75, 3.05) is 0 Å². The number of hydrogen-bond acceptors (Lipinski definition) is 1. The van der Waals surface area contributed by atoms with Gasteiger partial charge in [-0.05, 0) is 71.7 Å². The molecule has 126 valence electrons. The van der Waals surface area contributed by atoms with E-state index in [0.717, 1.165) is 35.1 Å². The second kappa shape index (κ2) is 6.36. The van der Waals surface area contributed by atoms with Crippen molar-refractivity contribution in [3.63, 3.8) is 0 Å². The summed E-state index contributed by atoms with van der Waals surface area (Å²) < 4.78 is 14.8. The molecular formula is C23H21FO. The molecule has 1 aliphatic rings. The molecule has 0 spiro atoms. The normalized spacial score (nSPS) is 19.4. The van der Waals surface area contributed by atoms with Crippen LogP contribution in [0.1, 0.15) is 46.1 Å². The van der Waals surface area contributed by atoms with Gasteiger partial charge in [0, 0.05) is 5.92 Å². The average molecular weight is 332 g/mol. The number of fused-ring (bicyclic) bond motifs is 1. The lowest BCUT2D eigenvalue weighted by atomic mass is 9.69. The third kappa shape index (κ3) is 2.93. The topological polar surface area (TPSA) is 20.2 Å². The number of aromatic hydroxyl groups is 1. The first-order chi connectivity index (χ1) is 12.1. The van der Waals surface area contributed by atoms with E-state index in [0.29, 0.717) is 0 Å². The third-order valence-electron chi connectivity index (χ3n) is 5.31. The summed E-state index contributed by atoms with van der Waals surface area (Å²) in [5, 5.41) is 9.84. The lowest BCUT2D eigenvalue weighted by Crippen LogP contribution is -2.21. The number of phenols is 1. The molecule has 0 saturated carbocycles. The van der Waals surface area contributed by atoms with Crippen molar-refractivity contribution in [3.05, 3.63) is 100 Å². The number of hydrogen-bond donors (Lipinski definition) is 1. The molecule has 3 aromatic carbocycles. The van der Waals surface area contributed by atoms with Gasteiger partial charge in [0.05, 0.1) is 0 Å². The molecular weight excluding hydrogens is 311 g/mol. The molecule has 2 atom stereocenters. The second-order valence-corrected chi connectivity index (χ2v) is 6.94. The quantitative estimate of drug-likeness (QED) is 0.638. The second-order valence-electron chi connectivity index (χ2n) is 6.94. The summed E-state index contributed by atoms with van der Waals surface area (Å²) in [4.78, 5) is 0. The van der Waals surface area contributed by atoms with E-state index in [-0.39, 0.29) is 23.4 Å². The minimum atomic E-state index is -0.146. The predicted octanol–water partition coefficient (Wildman–Crippen LogP) is 5.70. The average Bonchev–Trinajstić information content (AvgIpc) is 2.62. The van der Waals surface area contributed by atoms with Crippen LogP contribution < -0.4 is 0 Å². The van der Waals surface area contributed by atoms with Crippen LogP contribution in [0.5, 0.6) is 5.75 Å². The van der Waals surface area contributed by atoms with E-state index >= 15 is 0 Å². The summed E-state index contributed by atoms with van der Waals surface area (Å²) in [6.45, 7) is 1.91. The van der Waals surface area contributed by atoms with E-state index in [2.05, 4.69) is 12.1 Å². The Bertz CT molecular complexity index is 901. The lowest BCUT2D eigenvalue weighted by Gasteiger charge is -2.35. The SMILES string of the molecule is Cc1ccc(C2c3ccc(O)cc3CCC2c2ccccc2)c(F)c1. The third-order valence-corrected chi connectivity index (χ3v) is 5.31. The summed E-state index contributed by atoms with van der Waals surface area (Å²) in [5.74, 6) is 0.328. The maximum absolute atomic E-state index is 14.8. The fourth-order valence-corrected chi connectivity index (χ4v) is 4.13. The summed E-state index contributed by atoms with van der Waals surface area (Å²) in [6.07, 6.45) is 1.84. The van der Waals surface area contributed by atoms with Gasteiger partial charge in [-0.15, -0.1) is 0 Å². The summed E-state index contributed by atoms with van der Waals surface area (Å²) >= 11 is 0. The Morgan fingerprint density at radius 3 is 2.44 bits per heavy atom. The highest BCUT2D eigenvalue weighted by molar-refractivity contribution is 5.48. The van der Waals surface area contributed by atoms with Crippen molar-refractivity contribution in [2.24, 2.45) is 0 Å². The predicted molar refractivity (Wildman–Crippen MR) is 98.6 cm³/mol. The fraction of sp³-hybridized carbons (Fsp3) is 0.217. The number of rotatable bonds is 2. The largest absolute Gasteiger partial charge is 0.508 e. The molecule has 1 nitrogen and oxygen atoms in total. The van der Waals surface area contributed by atoms with E-state index < -0.39 is 0 Å². The van der Waals surface area contributed by atoms with Crippen LogP contribution in [0.3, 0.4) is 0 Å². The summed E-state index contributed by atoms with van der Waals surface area (Å²) in [6, 6.07) is 21.4. The van der Waals surface area contributed by atoms with E-state index in [1.807, 2.05) is 49.4 Å². The number of phenolic OH excluding ortho intramolecular Hbond substituents is 1. The van der Waals surface area contributed by atoms with Crippen molar-refractivity contribution >= 4 is 0 Å². The zero-order valence-corrected chi connectivity index (χ0v) is 14.2. The number of benzene rings is 3. The van der Waals surface area contributed by atoms with E-state index in [1.54, 1.807) is 12.1 Å². The maximum Gasteiger partial charge on any atom is 0.127 e. The highest BCUT2D eigenvalue weighted by Gasteiger charge is 2.33. The Balaban J connectivity index is 1.90. The van der Waals surface area contributed by atoms with Gasteiger partial charge >= 0.3 is 0 Å². The van der Waals surface area contributed by atoms with Gasteiger partial charge < -0.3 is 5.11 Å². The van der Waals surface area contributed by atoms with Crippen molar-refractivity contribution in [2.45, 2.75) is 31.6 Å². The minimum absolute atomic E-state index is 0.0349. The number of aryl methyl sites for hydroxylation is 2. The van der Waals surface area contributed by atoms with Gasteiger partial charge in [-0.25, -0.2) is 4.39 Å². The van der Waals surface area contributed by atoms with Crippen LogP contribution in [0.15, 0.2) is 66.7 Å². The van der Waals surface area contributed by atoms with Crippen LogP contribution in [0.2, 0.25) is 0 Å². The minimum Gasteiger partial charge on any atom is -0.508 e. The molecule has 1 aliphatic carbocycles. The van der Waals surface area contributed by atoms with Crippen molar-refractivity contribution in [3.8, 4) is 5.75 Å². The number of halogens is 1. The molecule has 4 rings (SSSR count). The molecule has 0 radical (unpaired) electrons. The molecule has 0 heterocycles. The summed E-state index contributed by atoms with van der Waals surface area (Å²) in [7, 11) is 0. The standard InChI is InChI=1S/C23H21FO/c1-15-7-10-21(22(24)13-15)23-19(16-5-3-2-4-6-16)11-8-17-14-18(25)9-12-20(17)23/h2-7,9-10,12-14,19,23,25H,8,11H2,1H3. The molecule has 0 amide bonds. The van der Waals surface area contributed by atoms with Crippen LogP contribution in [-0.4, -0.2) is 5.11 Å². The molecule has 0 fully saturated rings. The first-order valence-electron chi connectivity index (χ1n) is 8.76. The van der Waals surface area contributed by atoms with E-state index in [4.69, 9.17) is 0 Å². The Morgan fingerprint density at radius 1 is 0.920 bits per heavy atom. The van der Waals surface area contributed by atoms with Gasteiger partial charge in [-0.2, -0.15) is 0 Å². The Morgan fingerprint density at radius 2 is 1.68 bits per heavy atom. The molecule has 25 heavy (non-hydrogen) atoms. The molecule has 0 aromatic heterocycles. The van der Waals surface area contributed by atoms with Crippen molar-refractivity contribution in [1.82, 2.24) is 0 Å². The van der Waals surface area contributed by atoms with Gasteiger partial charge in [0.25, 0.3) is 0 Å². The van der Waals surface area contributed by atoms with Crippen LogP contribution in [0.25, 0.3) is 0 Å². The summed E-state index contributed by atoms with van der Waals surface area (Å²) in [5.41, 5.74) is 5.16. The molecule has 0 aliphatic heterocycles. The molecule has 1 N–H and O–H groups in total. The molecule has 3 aromatic rings. The van der Waals surface area contributed by atoms with Crippen LogP contribution in [0, 0.1) is 12.7 Å². The van der Waals surface area contributed by atoms with E-state index in [9.17, 15) is 9.50 Å². The van der Waals surface area contributed by atoms with Crippen LogP contribution in [-0.2, 0) is 6.42 Å². The fourth-order valence-electron chi connectivity index (χ4n) is 4.13. The molecule has 2 unspecified atom stereocenters. The Hall–Kier alpha value is -2.61. The van der Waals surface area contributed by atoms with Gasteiger partial charge in [-0.3, -0.25) is 0 Å².